The molecule has 0 heterocycles. The van der Waals surface area contributed by atoms with Gasteiger partial charge in [0.05, 0.1) is 0 Å². The number of hydrogen-bond acceptors (Lipinski definition) is 1. The molecule has 0 saturated heterocycles. The second-order valence-electron chi connectivity index (χ2n) is 5.21. The van der Waals surface area contributed by atoms with Crippen LogP contribution in [0.15, 0.2) is 42.5 Å². The zero-order valence-electron chi connectivity index (χ0n) is 12.4. The van der Waals surface area contributed by atoms with Crippen molar-refractivity contribution in [2.45, 2.75) is 33.2 Å². The Balaban J connectivity index is 2.35. The number of hydrogen-bond donors (Lipinski definition) is 1. The molecule has 0 aliphatic rings. The highest BCUT2D eigenvalue weighted by Gasteiger charge is 2.17. The van der Waals surface area contributed by atoms with Crippen LogP contribution in [0.4, 0.5) is 4.39 Å². The summed E-state index contributed by atoms with van der Waals surface area (Å²) in [6.45, 7) is 7.19. The lowest BCUT2D eigenvalue weighted by molar-refractivity contribution is 0.524. The Morgan fingerprint density at radius 2 is 1.65 bits per heavy atom. The van der Waals surface area contributed by atoms with Crippen LogP contribution in [0.1, 0.15) is 35.2 Å². The van der Waals surface area contributed by atoms with Crippen molar-refractivity contribution in [3.8, 4) is 0 Å². The molecular formula is C18H22FN. The molecule has 1 atom stereocenters. The number of rotatable bonds is 5. The van der Waals surface area contributed by atoms with E-state index in [-0.39, 0.29) is 11.9 Å². The summed E-state index contributed by atoms with van der Waals surface area (Å²) in [6.07, 6.45) is 0.673. The quantitative estimate of drug-likeness (QED) is 0.853. The van der Waals surface area contributed by atoms with Crippen LogP contribution >= 0.6 is 0 Å². The van der Waals surface area contributed by atoms with E-state index in [1.807, 2.05) is 12.1 Å². The van der Waals surface area contributed by atoms with Gasteiger partial charge in [-0.05, 0) is 55.1 Å². The number of likely N-dealkylation sites (N-methyl/N-ethyl adjacent to an activating group) is 1. The average Bonchev–Trinajstić information content (AvgIpc) is 2.41. The van der Waals surface area contributed by atoms with Crippen molar-refractivity contribution >= 4 is 0 Å². The molecule has 0 saturated carbocycles. The minimum absolute atomic E-state index is 0.123. The summed E-state index contributed by atoms with van der Waals surface area (Å²) in [4.78, 5) is 0. The topological polar surface area (TPSA) is 12.0 Å². The summed E-state index contributed by atoms with van der Waals surface area (Å²) in [7, 11) is 0. The van der Waals surface area contributed by atoms with Crippen molar-refractivity contribution in [2.24, 2.45) is 0 Å². The Morgan fingerprint density at radius 1 is 1.00 bits per heavy atom. The van der Waals surface area contributed by atoms with Gasteiger partial charge in [-0.15, -0.1) is 0 Å². The average molecular weight is 271 g/mol. The molecule has 2 aromatic carbocycles. The molecule has 0 aliphatic carbocycles. The second kappa shape index (κ2) is 6.67. The van der Waals surface area contributed by atoms with Crippen LogP contribution in [0.5, 0.6) is 0 Å². The van der Waals surface area contributed by atoms with Gasteiger partial charge in [-0.25, -0.2) is 4.39 Å². The van der Waals surface area contributed by atoms with Gasteiger partial charge in [-0.3, -0.25) is 0 Å². The van der Waals surface area contributed by atoms with Gasteiger partial charge in [-0.2, -0.15) is 0 Å². The first-order valence-corrected chi connectivity index (χ1v) is 7.16. The fourth-order valence-corrected chi connectivity index (χ4v) is 2.78. The Bertz CT molecular complexity index is 557. The van der Waals surface area contributed by atoms with Crippen LogP contribution in [0, 0.1) is 19.7 Å². The fraction of sp³-hybridized carbons (Fsp3) is 0.333. The largest absolute Gasteiger partial charge is 0.310 e. The Hall–Kier alpha value is -1.67. The second-order valence-corrected chi connectivity index (χ2v) is 5.21. The van der Waals surface area contributed by atoms with E-state index in [1.54, 1.807) is 6.07 Å². The van der Waals surface area contributed by atoms with E-state index >= 15 is 0 Å². The SMILES string of the molecule is CCNC(Cc1ccccc1F)c1c(C)cccc1C. The molecule has 0 aliphatic heterocycles. The lowest BCUT2D eigenvalue weighted by atomic mass is 9.91. The maximum Gasteiger partial charge on any atom is 0.126 e. The smallest absolute Gasteiger partial charge is 0.126 e. The predicted octanol–water partition coefficient (Wildman–Crippen LogP) is 4.34. The van der Waals surface area contributed by atoms with Gasteiger partial charge < -0.3 is 5.32 Å². The molecule has 2 rings (SSSR count). The summed E-state index contributed by atoms with van der Waals surface area (Å²) in [6, 6.07) is 13.5. The fourth-order valence-electron chi connectivity index (χ4n) is 2.78. The molecule has 0 radical (unpaired) electrons. The first-order chi connectivity index (χ1) is 9.63. The normalized spacial score (nSPS) is 12.4. The van der Waals surface area contributed by atoms with Crippen LogP contribution < -0.4 is 5.32 Å². The predicted molar refractivity (Wildman–Crippen MR) is 82.4 cm³/mol. The molecular weight excluding hydrogens is 249 g/mol. The molecule has 2 heteroatoms. The lowest BCUT2D eigenvalue weighted by Crippen LogP contribution is -2.25. The summed E-state index contributed by atoms with van der Waals surface area (Å²) in [5.41, 5.74) is 4.57. The van der Waals surface area contributed by atoms with Crippen molar-refractivity contribution in [1.82, 2.24) is 5.32 Å². The zero-order chi connectivity index (χ0) is 14.5. The molecule has 0 amide bonds. The first-order valence-electron chi connectivity index (χ1n) is 7.16. The third kappa shape index (κ3) is 3.26. The van der Waals surface area contributed by atoms with Gasteiger partial charge in [0.2, 0.25) is 0 Å². The summed E-state index contributed by atoms with van der Waals surface area (Å²) in [5, 5.41) is 3.49. The van der Waals surface area contributed by atoms with Crippen LogP contribution in [0.3, 0.4) is 0 Å². The summed E-state index contributed by atoms with van der Waals surface area (Å²) < 4.78 is 13.9. The highest BCUT2D eigenvalue weighted by molar-refractivity contribution is 5.37. The third-order valence-corrected chi connectivity index (χ3v) is 3.72. The van der Waals surface area contributed by atoms with Crippen LogP contribution in [-0.4, -0.2) is 6.54 Å². The maximum atomic E-state index is 13.9. The van der Waals surface area contributed by atoms with E-state index in [0.717, 1.165) is 12.1 Å². The molecule has 0 bridgehead atoms. The number of halogens is 1. The van der Waals surface area contributed by atoms with E-state index in [1.165, 1.54) is 22.8 Å². The van der Waals surface area contributed by atoms with E-state index in [0.29, 0.717) is 6.42 Å². The molecule has 0 aromatic heterocycles. The monoisotopic (exact) mass is 271 g/mol. The molecule has 1 unspecified atom stereocenters. The van der Waals surface area contributed by atoms with Crippen LogP contribution in [0.25, 0.3) is 0 Å². The Morgan fingerprint density at radius 3 is 2.25 bits per heavy atom. The van der Waals surface area contributed by atoms with Gasteiger partial charge in [0.15, 0.2) is 0 Å². The van der Waals surface area contributed by atoms with Crippen molar-refractivity contribution in [3.05, 3.63) is 70.5 Å². The molecule has 1 nitrogen and oxygen atoms in total. The minimum atomic E-state index is -0.123. The number of benzene rings is 2. The van der Waals surface area contributed by atoms with Crippen molar-refractivity contribution in [2.75, 3.05) is 6.54 Å². The maximum absolute atomic E-state index is 13.9. The highest BCUT2D eigenvalue weighted by Crippen LogP contribution is 2.26. The molecule has 0 fully saturated rings. The van der Waals surface area contributed by atoms with Crippen molar-refractivity contribution in [1.29, 1.82) is 0 Å². The minimum Gasteiger partial charge on any atom is -0.310 e. The van der Waals surface area contributed by atoms with Crippen LogP contribution in [0.2, 0.25) is 0 Å². The number of nitrogens with one attached hydrogen (secondary N) is 1. The molecule has 106 valence electrons. The van der Waals surface area contributed by atoms with E-state index in [4.69, 9.17) is 0 Å². The van der Waals surface area contributed by atoms with E-state index < -0.39 is 0 Å². The van der Waals surface area contributed by atoms with Crippen molar-refractivity contribution in [3.63, 3.8) is 0 Å². The summed E-state index contributed by atoms with van der Waals surface area (Å²) >= 11 is 0. The molecule has 1 N–H and O–H groups in total. The van der Waals surface area contributed by atoms with Crippen molar-refractivity contribution < 1.29 is 4.39 Å². The molecule has 2 aromatic rings. The lowest BCUT2D eigenvalue weighted by Gasteiger charge is -2.23. The van der Waals surface area contributed by atoms with E-state index in [9.17, 15) is 4.39 Å². The first kappa shape index (κ1) is 14.7. The zero-order valence-corrected chi connectivity index (χ0v) is 12.4. The molecule has 0 spiro atoms. The van der Waals surface area contributed by atoms with Gasteiger partial charge >= 0.3 is 0 Å². The van der Waals surface area contributed by atoms with Gasteiger partial charge in [0.1, 0.15) is 5.82 Å². The third-order valence-electron chi connectivity index (χ3n) is 3.72. The van der Waals surface area contributed by atoms with Gasteiger partial charge in [0, 0.05) is 6.04 Å². The molecule has 20 heavy (non-hydrogen) atoms. The Kier molecular flexibility index (Phi) is 4.91. The Labute approximate surface area is 120 Å². The van der Waals surface area contributed by atoms with Gasteiger partial charge in [0.25, 0.3) is 0 Å². The summed E-state index contributed by atoms with van der Waals surface area (Å²) in [5.74, 6) is -0.123. The number of aryl methyl sites for hydroxylation is 2. The van der Waals surface area contributed by atoms with Crippen LogP contribution in [-0.2, 0) is 6.42 Å². The van der Waals surface area contributed by atoms with E-state index in [2.05, 4.69) is 44.3 Å². The highest BCUT2D eigenvalue weighted by atomic mass is 19.1. The van der Waals surface area contributed by atoms with Gasteiger partial charge in [-0.1, -0.05) is 43.3 Å². The standard InChI is InChI=1S/C18H22FN/c1-4-20-17(12-15-10-5-6-11-16(15)19)18-13(2)8-7-9-14(18)3/h5-11,17,20H,4,12H2,1-3H3.